The minimum atomic E-state index is -0.276. The lowest BCUT2D eigenvalue weighted by Gasteiger charge is -2.38. The van der Waals surface area contributed by atoms with E-state index in [2.05, 4.69) is 39.1 Å². The van der Waals surface area contributed by atoms with E-state index in [9.17, 15) is 0 Å². The number of hydrogen-bond acceptors (Lipinski definition) is 3. The lowest BCUT2D eigenvalue weighted by Crippen LogP contribution is -2.33. The minimum Gasteiger partial charge on any atom is -0.464 e. The summed E-state index contributed by atoms with van der Waals surface area (Å²) < 4.78 is 7.41. The fourth-order valence-electron chi connectivity index (χ4n) is 3.71. The Balaban J connectivity index is 1.61. The van der Waals surface area contributed by atoms with Crippen LogP contribution < -0.4 is 4.74 Å². The van der Waals surface area contributed by atoms with Crippen LogP contribution in [0.1, 0.15) is 35.4 Å². The first kappa shape index (κ1) is 16.8. The van der Waals surface area contributed by atoms with Crippen molar-refractivity contribution < 1.29 is 4.74 Å². The van der Waals surface area contributed by atoms with Crippen molar-refractivity contribution in [1.29, 1.82) is 0 Å². The number of benzene rings is 3. The number of fused-ring (bicyclic) bond motifs is 3. The molecule has 27 heavy (non-hydrogen) atoms. The van der Waals surface area contributed by atoms with Gasteiger partial charge in [0.2, 0.25) is 6.23 Å². The van der Waals surface area contributed by atoms with E-state index in [4.69, 9.17) is 21.4 Å². The van der Waals surface area contributed by atoms with E-state index >= 15 is 0 Å². The summed E-state index contributed by atoms with van der Waals surface area (Å²) in [5.74, 6) is 0.906. The molecule has 0 fully saturated rings. The topological polar surface area (TPSA) is 24.8 Å². The standard InChI is InChI=1S/C22H16BrClN2O/c23-16-8-11-21-18(12-16)20-13-19(14-4-2-1-3-5-14)25-26(20)22(27-21)15-6-9-17(24)10-7-15/h1-12,20,22H,13H2/t20-,22+/m0/s1. The first-order chi connectivity index (χ1) is 13.2. The van der Waals surface area contributed by atoms with Crippen molar-refractivity contribution >= 4 is 33.2 Å². The highest BCUT2D eigenvalue weighted by atomic mass is 79.9. The van der Waals surface area contributed by atoms with Gasteiger partial charge in [-0.1, -0.05) is 70.0 Å². The van der Waals surface area contributed by atoms with Gasteiger partial charge in [0, 0.05) is 27.0 Å². The number of halogens is 2. The lowest BCUT2D eigenvalue weighted by atomic mass is 9.96. The maximum absolute atomic E-state index is 6.37. The summed E-state index contributed by atoms with van der Waals surface area (Å²) in [6.45, 7) is 0. The normalized spacial score (nSPS) is 20.5. The van der Waals surface area contributed by atoms with Crippen molar-refractivity contribution in [3.8, 4) is 5.75 Å². The molecule has 2 atom stereocenters. The molecule has 2 heterocycles. The SMILES string of the molecule is Clc1ccc([C@H]2Oc3ccc(Br)cc3[C@@H]3CC(c4ccccc4)=NN23)cc1. The summed E-state index contributed by atoms with van der Waals surface area (Å²) in [6, 6.07) is 24.5. The average molecular weight is 440 g/mol. The maximum atomic E-state index is 6.37. The Hall–Kier alpha value is -2.30. The summed E-state index contributed by atoms with van der Waals surface area (Å²) in [4.78, 5) is 0. The summed E-state index contributed by atoms with van der Waals surface area (Å²) in [7, 11) is 0. The predicted molar refractivity (Wildman–Crippen MR) is 111 cm³/mol. The monoisotopic (exact) mass is 438 g/mol. The Morgan fingerprint density at radius 3 is 2.56 bits per heavy atom. The highest BCUT2D eigenvalue weighted by Crippen LogP contribution is 2.48. The fraction of sp³-hybridized carbons (Fsp3) is 0.136. The second-order valence-corrected chi connectivity index (χ2v) is 8.07. The lowest BCUT2D eigenvalue weighted by molar-refractivity contribution is -0.0190. The van der Waals surface area contributed by atoms with E-state index in [1.54, 1.807) is 0 Å². The van der Waals surface area contributed by atoms with Crippen molar-refractivity contribution in [3.63, 3.8) is 0 Å². The summed E-state index contributed by atoms with van der Waals surface area (Å²) in [5, 5.41) is 7.76. The van der Waals surface area contributed by atoms with Crippen LogP contribution in [0, 0.1) is 0 Å². The number of hydrogen-bond donors (Lipinski definition) is 0. The van der Waals surface area contributed by atoms with Crippen molar-refractivity contribution in [1.82, 2.24) is 5.01 Å². The van der Waals surface area contributed by atoms with E-state index < -0.39 is 0 Å². The Morgan fingerprint density at radius 2 is 1.78 bits per heavy atom. The number of hydrazone groups is 1. The van der Waals surface area contributed by atoms with Gasteiger partial charge in [-0.3, -0.25) is 0 Å². The second-order valence-electron chi connectivity index (χ2n) is 6.72. The molecular weight excluding hydrogens is 424 g/mol. The average Bonchev–Trinajstić information content (AvgIpc) is 3.15. The first-order valence-electron chi connectivity index (χ1n) is 8.82. The van der Waals surface area contributed by atoms with Gasteiger partial charge in [-0.05, 0) is 35.9 Å². The summed E-state index contributed by atoms with van der Waals surface area (Å²) in [6.07, 6.45) is 0.572. The predicted octanol–water partition coefficient (Wildman–Crippen LogP) is 6.34. The Labute approximate surface area is 171 Å². The molecule has 3 aromatic rings. The Morgan fingerprint density at radius 1 is 1.00 bits per heavy atom. The van der Waals surface area contributed by atoms with Crippen molar-refractivity contribution in [3.05, 3.63) is 99.0 Å². The van der Waals surface area contributed by atoms with E-state index in [-0.39, 0.29) is 12.3 Å². The minimum absolute atomic E-state index is 0.141. The highest BCUT2D eigenvalue weighted by molar-refractivity contribution is 9.10. The van der Waals surface area contributed by atoms with Gasteiger partial charge >= 0.3 is 0 Å². The van der Waals surface area contributed by atoms with E-state index in [1.165, 1.54) is 0 Å². The van der Waals surface area contributed by atoms with Gasteiger partial charge in [0.15, 0.2) is 0 Å². The van der Waals surface area contributed by atoms with Gasteiger partial charge in [0.1, 0.15) is 5.75 Å². The molecule has 0 unspecified atom stereocenters. The van der Waals surface area contributed by atoms with Crippen molar-refractivity contribution in [2.24, 2.45) is 5.10 Å². The first-order valence-corrected chi connectivity index (χ1v) is 9.99. The molecule has 0 aliphatic carbocycles. The molecule has 0 spiro atoms. The van der Waals surface area contributed by atoms with Crippen LogP contribution in [0.25, 0.3) is 0 Å². The molecule has 2 aliphatic rings. The van der Waals surface area contributed by atoms with Crippen molar-refractivity contribution in [2.45, 2.75) is 18.7 Å². The van der Waals surface area contributed by atoms with Crippen LogP contribution in [0.4, 0.5) is 0 Å². The molecular formula is C22H16BrClN2O. The molecule has 0 bridgehead atoms. The van der Waals surface area contributed by atoms with Gasteiger partial charge in [0.25, 0.3) is 0 Å². The molecule has 0 saturated carbocycles. The Kier molecular flexibility index (Phi) is 4.18. The van der Waals surface area contributed by atoms with Crippen LogP contribution in [-0.4, -0.2) is 10.7 Å². The zero-order chi connectivity index (χ0) is 18.4. The van der Waals surface area contributed by atoms with Crippen LogP contribution >= 0.6 is 27.5 Å². The van der Waals surface area contributed by atoms with Crippen LogP contribution in [0.5, 0.6) is 5.75 Å². The molecule has 0 aromatic heterocycles. The van der Waals surface area contributed by atoms with Crippen LogP contribution in [0.15, 0.2) is 82.4 Å². The largest absolute Gasteiger partial charge is 0.464 e. The highest BCUT2D eigenvalue weighted by Gasteiger charge is 2.41. The van der Waals surface area contributed by atoms with Gasteiger partial charge in [-0.2, -0.15) is 5.10 Å². The zero-order valence-electron chi connectivity index (χ0n) is 14.3. The van der Waals surface area contributed by atoms with Gasteiger partial charge in [-0.25, -0.2) is 5.01 Å². The number of ether oxygens (including phenoxy) is 1. The Bertz CT molecular complexity index is 1020. The number of rotatable bonds is 2. The molecule has 5 heteroatoms. The molecule has 3 nitrogen and oxygen atoms in total. The molecule has 134 valence electrons. The van der Waals surface area contributed by atoms with E-state index in [1.807, 2.05) is 54.6 Å². The van der Waals surface area contributed by atoms with Crippen LogP contribution in [-0.2, 0) is 0 Å². The van der Waals surface area contributed by atoms with Gasteiger partial charge in [0.05, 0.1) is 11.8 Å². The fourth-order valence-corrected chi connectivity index (χ4v) is 4.22. The third-order valence-electron chi connectivity index (χ3n) is 5.01. The molecule has 2 aliphatic heterocycles. The smallest absolute Gasteiger partial charge is 0.213 e. The van der Waals surface area contributed by atoms with Crippen LogP contribution in [0.2, 0.25) is 5.02 Å². The quantitative estimate of drug-likeness (QED) is 0.465. The molecule has 5 rings (SSSR count). The second kappa shape index (κ2) is 6.70. The van der Waals surface area contributed by atoms with Crippen molar-refractivity contribution in [2.75, 3.05) is 0 Å². The van der Waals surface area contributed by atoms with E-state index in [0.29, 0.717) is 5.02 Å². The molecule has 0 N–H and O–H groups in total. The van der Waals surface area contributed by atoms with Crippen LogP contribution in [0.3, 0.4) is 0 Å². The zero-order valence-corrected chi connectivity index (χ0v) is 16.7. The summed E-state index contributed by atoms with van der Waals surface area (Å²) in [5.41, 5.74) is 4.43. The molecule has 0 saturated heterocycles. The van der Waals surface area contributed by atoms with Gasteiger partial charge in [-0.15, -0.1) is 0 Å². The molecule has 3 aromatic carbocycles. The summed E-state index contributed by atoms with van der Waals surface area (Å²) >= 11 is 9.67. The molecule has 0 amide bonds. The number of nitrogens with zero attached hydrogens (tertiary/aromatic N) is 2. The van der Waals surface area contributed by atoms with E-state index in [0.717, 1.165) is 39.0 Å². The molecule has 0 radical (unpaired) electrons. The third-order valence-corrected chi connectivity index (χ3v) is 5.76. The van der Waals surface area contributed by atoms with Gasteiger partial charge < -0.3 is 4.74 Å². The third kappa shape index (κ3) is 3.03. The maximum Gasteiger partial charge on any atom is 0.213 e.